The van der Waals surface area contributed by atoms with Gasteiger partial charge in [-0.1, -0.05) is 127 Å². The molecule has 0 amide bonds. The molecule has 0 aliphatic rings. The maximum absolute atomic E-state index is 2.51. The topological polar surface area (TPSA) is 9.86 Å². The van der Waals surface area contributed by atoms with Crippen molar-refractivity contribution in [3.8, 4) is 33.6 Å². The van der Waals surface area contributed by atoms with E-state index in [2.05, 4.69) is 203 Å². The van der Waals surface area contributed by atoms with E-state index in [0.29, 0.717) is 0 Å². The Balaban J connectivity index is 1.12. The quantitative estimate of drug-likeness (QED) is 0.169. The van der Waals surface area contributed by atoms with Crippen molar-refractivity contribution >= 4 is 107 Å². The number of hydrogen-bond acceptors (Lipinski definition) is 2. The normalized spacial score (nSPS) is 12.1. The van der Waals surface area contributed by atoms with Gasteiger partial charge in [-0.25, -0.2) is 0 Å². The molecule has 4 heteroatoms. The maximum Gasteiger partial charge on any atom is 0.0619 e. The van der Waals surface area contributed by atoms with Gasteiger partial charge in [0.1, 0.15) is 0 Å². The van der Waals surface area contributed by atoms with Crippen molar-refractivity contribution in [3.05, 3.63) is 194 Å². The predicted molar refractivity (Wildman–Crippen MR) is 252 cm³/mol. The minimum absolute atomic E-state index is 1.16. The van der Waals surface area contributed by atoms with Crippen molar-refractivity contribution in [1.82, 2.24) is 9.13 Å². The second-order valence-electron chi connectivity index (χ2n) is 15.2. The lowest BCUT2D eigenvalue weighted by atomic mass is 9.97. The maximum atomic E-state index is 2.51. The molecule has 2 nitrogen and oxygen atoms in total. The second kappa shape index (κ2) is 12.3. The van der Waals surface area contributed by atoms with Crippen LogP contribution in [0, 0.1) is 0 Å². The largest absolute Gasteiger partial charge is 0.309 e. The molecule has 0 radical (unpaired) electrons. The van der Waals surface area contributed by atoms with Gasteiger partial charge in [0.25, 0.3) is 0 Å². The number of benzene rings is 9. The molecule has 0 fully saturated rings. The number of aromatic nitrogens is 2. The Kier molecular flexibility index (Phi) is 6.79. The van der Waals surface area contributed by atoms with E-state index in [0.717, 1.165) is 5.69 Å². The van der Waals surface area contributed by atoms with Gasteiger partial charge in [0.15, 0.2) is 0 Å². The van der Waals surface area contributed by atoms with E-state index < -0.39 is 0 Å². The van der Waals surface area contributed by atoms with E-state index in [-0.39, 0.29) is 0 Å². The van der Waals surface area contributed by atoms with Crippen molar-refractivity contribution in [3.63, 3.8) is 0 Å². The highest BCUT2D eigenvalue weighted by molar-refractivity contribution is 7.26. The summed E-state index contributed by atoms with van der Waals surface area (Å²) < 4.78 is 10.2. The number of fused-ring (bicyclic) bond motifs is 12. The van der Waals surface area contributed by atoms with Gasteiger partial charge in [-0.05, 0) is 77.9 Å². The molecule has 58 heavy (non-hydrogen) atoms. The molecule has 9 aromatic carbocycles. The molecular weight excluding hydrogens is 741 g/mol. The van der Waals surface area contributed by atoms with Gasteiger partial charge in [-0.3, -0.25) is 0 Å². The Morgan fingerprint density at radius 2 is 0.914 bits per heavy atom. The fourth-order valence-electron chi connectivity index (χ4n) is 9.65. The molecule has 13 aromatic rings. The number of rotatable bonds is 4. The fourth-order valence-corrected chi connectivity index (χ4v) is 12.0. The van der Waals surface area contributed by atoms with Crippen molar-refractivity contribution in [2.45, 2.75) is 0 Å². The number of para-hydroxylation sites is 4. The Hall–Kier alpha value is -6.98. The summed E-state index contributed by atoms with van der Waals surface area (Å²) in [7, 11) is 0. The molecule has 0 aliphatic heterocycles. The molecule has 0 unspecified atom stereocenters. The molecule has 4 heterocycles. The van der Waals surface area contributed by atoms with E-state index in [9.17, 15) is 0 Å². The number of hydrogen-bond donors (Lipinski definition) is 0. The van der Waals surface area contributed by atoms with Crippen LogP contribution in [0.3, 0.4) is 0 Å². The highest BCUT2D eigenvalue weighted by atomic mass is 32.1. The summed E-state index contributed by atoms with van der Waals surface area (Å²) in [6.07, 6.45) is 0. The zero-order valence-corrected chi connectivity index (χ0v) is 32.8. The first-order valence-electron chi connectivity index (χ1n) is 19.8. The third-order valence-corrected chi connectivity index (χ3v) is 14.5. The Labute approximate surface area is 341 Å². The molecule has 0 bridgehead atoms. The lowest BCUT2D eigenvalue weighted by Gasteiger charge is -2.14. The molecule has 0 atom stereocenters. The molecule has 270 valence electrons. The first kappa shape index (κ1) is 32.1. The van der Waals surface area contributed by atoms with Gasteiger partial charge >= 0.3 is 0 Å². The van der Waals surface area contributed by atoms with Gasteiger partial charge in [-0.2, -0.15) is 0 Å². The van der Waals surface area contributed by atoms with Crippen LogP contribution >= 0.6 is 22.7 Å². The summed E-state index contributed by atoms with van der Waals surface area (Å²) in [5, 5.41) is 10.3. The van der Waals surface area contributed by atoms with Crippen LogP contribution in [-0.4, -0.2) is 9.13 Å². The summed E-state index contributed by atoms with van der Waals surface area (Å²) in [4.78, 5) is 0. The van der Waals surface area contributed by atoms with Crippen LogP contribution in [0.15, 0.2) is 194 Å². The smallest absolute Gasteiger partial charge is 0.0619 e. The summed E-state index contributed by atoms with van der Waals surface area (Å²) in [6, 6.07) is 71.9. The van der Waals surface area contributed by atoms with E-state index in [1.165, 1.54) is 112 Å². The molecule has 0 N–H and O–H groups in total. The van der Waals surface area contributed by atoms with Crippen molar-refractivity contribution in [2.75, 3.05) is 0 Å². The van der Waals surface area contributed by atoms with E-state index >= 15 is 0 Å². The standard InChI is InChI=1S/C54H32N2S2/c1-2-14-34(15-3-1)56-46-23-8-4-16-36(46)40-21-12-22-41(53(40)56)39-20-13-25-48-52(39)42-19-5-9-24-47(42)55(48)35-31-43(54-45(32-35)38-18-7-11-27-50(38)58-54)33-28-29-51-44(30-33)37-17-6-10-26-49(37)57-51/h1-32H. The van der Waals surface area contributed by atoms with Crippen LogP contribution in [0.25, 0.3) is 118 Å². The molecule has 0 spiro atoms. The summed E-state index contributed by atoms with van der Waals surface area (Å²) in [5.74, 6) is 0. The highest BCUT2D eigenvalue weighted by Crippen LogP contribution is 2.47. The summed E-state index contributed by atoms with van der Waals surface area (Å²) in [6.45, 7) is 0. The monoisotopic (exact) mass is 772 g/mol. The Morgan fingerprint density at radius 3 is 1.74 bits per heavy atom. The van der Waals surface area contributed by atoms with Crippen LogP contribution in [-0.2, 0) is 0 Å². The van der Waals surface area contributed by atoms with Crippen molar-refractivity contribution in [2.24, 2.45) is 0 Å². The molecular formula is C54H32N2S2. The molecule has 4 aromatic heterocycles. The van der Waals surface area contributed by atoms with Gasteiger partial charge in [0.2, 0.25) is 0 Å². The minimum Gasteiger partial charge on any atom is -0.309 e. The van der Waals surface area contributed by atoms with Gasteiger partial charge in [0, 0.05) is 84.4 Å². The van der Waals surface area contributed by atoms with Gasteiger partial charge < -0.3 is 9.13 Å². The SMILES string of the molecule is c1ccc(-n2c3ccccc3c3cccc(-c4cccc5c4c4ccccc4n5-c4cc(-c5ccc6sc7ccccc7c6c5)c5sc6ccccc6c5c4)c32)cc1. The summed E-state index contributed by atoms with van der Waals surface area (Å²) in [5.41, 5.74) is 12.1. The van der Waals surface area contributed by atoms with Crippen molar-refractivity contribution < 1.29 is 0 Å². The highest BCUT2D eigenvalue weighted by Gasteiger charge is 2.22. The molecule has 0 aliphatic carbocycles. The lowest BCUT2D eigenvalue weighted by Crippen LogP contribution is -1.96. The van der Waals surface area contributed by atoms with Gasteiger partial charge in [-0.15, -0.1) is 22.7 Å². The van der Waals surface area contributed by atoms with E-state index in [1.54, 1.807) is 0 Å². The van der Waals surface area contributed by atoms with Crippen LogP contribution in [0.5, 0.6) is 0 Å². The number of thiophene rings is 2. The zero-order valence-electron chi connectivity index (χ0n) is 31.2. The van der Waals surface area contributed by atoms with E-state index in [4.69, 9.17) is 0 Å². The zero-order chi connectivity index (χ0) is 37.9. The Morgan fingerprint density at radius 1 is 0.310 bits per heavy atom. The first-order chi connectivity index (χ1) is 28.8. The second-order valence-corrected chi connectivity index (χ2v) is 17.4. The molecule has 0 saturated carbocycles. The van der Waals surface area contributed by atoms with Gasteiger partial charge in [0.05, 0.1) is 22.1 Å². The summed E-state index contributed by atoms with van der Waals surface area (Å²) >= 11 is 3.77. The average Bonchev–Trinajstić information content (AvgIpc) is 4.04. The third-order valence-electron chi connectivity index (χ3n) is 12.1. The average molecular weight is 773 g/mol. The minimum atomic E-state index is 1.16. The van der Waals surface area contributed by atoms with Crippen LogP contribution in [0.4, 0.5) is 0 Å². The molecule has 0 saturated heterocycles. The number of nitrogens with zero attached hydrogens (tertiary/aromatic N) is 2. The third kappa shape index (κ3) is 4.53. The predicted octanol–water partition coefficient (Wildman–Crippen LogP) is 16.0. The molecule has 13 rings (SSSR count). The fraction of sp³-hybridized carbons (Fsp3) is 0. The van der Waals surface area contributed by atoms with Crippen LogP contribution in [0.2, 0.25) is 0 Å². The first-order valence-corrected chi connectivity index (χ1v) is 21.4. The Bertz CT molecular complexity index is 3800. The van der Waals surface area contributed by atoms with Crippen LogP contribution < -0.4 is 0 Å². The van der Waals surface area contributed by atoms with E-state index in [1.807, 2.05) is 22.7 Å². The lowest BCUT2D eigenvalue weighted by molar-refractivity contribution is 1.18. The van der Waals surface area contributed by atoms with Crippen molar-refractivity contribution in [1.29, 1.82) is 0 Å². The van der Waals surface area contributed by atoms with Crippen LogP contribution in [0.1, 0.15) is 0 Å².